The molecule has 3 unspecified atom stereocenters. The highest BCUT2D eigenvalue weighted by Gasteiger charge is 2.41. The van der Waals surface area contributed by atoms with Crippen molar-refractivity contribution in [2.24, 2.45) is 11.7 Å². The molecule has 2 rings (SSSR count). The van der Waals surface area contributed by atoms with Gasteiger partial charge in [-0.1, -0.05) is 19.8 Å². The molecule has 0 amide bonds. The molecule has 0 spiro atoms. The van der Waals surface area contributed by atoms with Crippen molar-refractivity contribution in [3.8, 4) is 0 Å². The zero-order valence-electron chi connectivity index (χ0n) is 12.8. The first-order valence-corrected chi connectivity index (χ1v) is 9.40. The normalized spacial score (nSPS) is 32.9. The summed E-state index contributed by atoms with van der Waals surface area (Å²) in [6, 6.07) is 0.227. The van der Waals surface area contributed by atoms with E-state index in [0.717, 1.165) is 38.5 Å². The van der Waals surface area contributed by atoms with E-state index in [4.69, 9.17) is 5.73 Å². The quantitative estimate of drug-likeness (QED) is 0.838. The van der Waals surface area contributed by atoms with Gasteiger partial charge in [-0.2, -0.15) is 17.0 Å². The van der Waals surface area contributed by atoms with E-state index in [0.29, 0.717) is 25.6 Å². The fraction of sp³-hybridized carbons (Fsp3) is 1.00. The van der Waals surface area contributed by atoms with Crippen molar-refractivity contribution in [3.05, 3.63) is 0 Å². The molecule has 0 aromatic rings. The maximum absolute atomic E-state index is 13.0. The molecule has 0 aromatic heterocycles. The van der Waals surface area contributed by atoms with Crippen molar-refractivity contribution in [2.45, 2.75) is 64.5 Å². The first-order valence-electron chi connectivity index (χ1n) is 8.01. The molecule has 1 saturated heterocycles. The summed E-state index contributed by atoms with van der Waals surface area (Å²) in [4.78, 5) is 0. The van der Waals surface area contributed by atoms with Gasteiger partial charge in [0.2, 0.25) is 0 Å². The summed E-state index contributed by atoms with van der Waals surface area (Å²) >= 11 is 0. The zero-order valence-corrected chi connectivity index (χ0v) is 13.6. The second kappa shape index (κ2) is 6.73. The summed E-state index contributed by atoms with van der Waals surface area (Å²) in [5, 5.41) is 0. The lowest BCUT2D eigenvalue weighted by molar-refractivity contribution is 0.214. The standard InChI is InChI=1S/C14H29N3O2S/c1-3-16(14-9-6-8-13(14)11-15)20(18,19)17-10-5-4-7-12(17)2/h12-14H,3-11,15H2,1-2H3. The Kier molecular flexibility index (Phi) is 5.45. The third kappa shape index (κ3) is 3.03. The van der Waals surface area contributed by atoms with Crippen LogP contribution < -0.4 is 5.73 Å². The first kappa shape index (κ1) is 16.2. The smallest absolute Gasteiger partial charge is 0.282 e. The highest BCUT2D eigenvalue weighted by Crippen LogP contribution is 2.33. The minimum absolute atomic E-state index is 0.101. The summed E-state index contributed by atoms with van der Waals surface area (Å²) in [5.41, 5.74) is 5.83. The molecule has 0 radical (unpaired) electrons. The van der Waals surface area contributed by atoms with Gasteiger partial charge in [-0.25, -0.2) is 0 Å². The second-order valence-corrected chi connectivity index (χ2v) is 7.99. The SMILES string of the molecule is CCN(C1CCCC1CN)S(=O)(=O)N1CCCCC1C. The number of hydrogen-bond donors (Lipinski definition) is 1. The summed E-state index contributed by atoms with van der Waals surface area (Å²) in [5.74, 6) is 0.324. The van der Waals surface area contributed by atoms with Crippen LogP contribution in [0.4, 0.5) is 0 Å². The predicted molar refractivity (Wildman–Crippen MR) is 81.5 cm³/mol. The van der Waals surface area contributed by atoms with Gasteiger partial charge in [0, 0.05) is 25.2 Å². The van der Waals surface area contributed by atoms with Gasteiger partial charge >= 0.3 is 0 Å². The lowest BCUT2D eigenvalue weighted by Crippen LogP contribution is -2.54. The molecule has 2 N–H and O–H groups in total. The maximum Gasteiger partial charge on any atom is 0.282 e. The lowest BCUT2D eigenvalue weighted by Gasteiger charge is -2.39. The summed E-state index contributed by atoms with van der Waals surface area (Å²) < 4.78 is 29.4. The van der Waals surface area contributed by atoms with Crippen molar-refractivity contribution in [3.63, 3.8) is 0 Å². The van der Waals surface area contributed by atoms with E-state index in [9.17, 15) is 8.42 Å². The van der Waals surface area contributed by atoms with Gasteiger partial charge in [-0.3, -0.25) is 0 Å². The highest BCUT2D eigenvalue weighted by molar-refractivity contribution is 7.86. The third-order valence-electron chi connectivity index (χ3n) is 4.94. The van der Waals surface area contributed by atoms with E-state index in [-0.39, 0.29) is 12.1 Å². The molecule has 1 aliphatic carbocycles. The number of rotatable bonds is 5. The molecular weight excluding hydrogens is 274 g/mol. The van der Waals surface area contributed by atoms with E-state index < -0.39 is 10.2 Å². The molecular formula is C14H29N3O2S. The van der Waals surface area contributed by atoms with E-state index in [1.54, 1.807) is 8.61 Å². The van der Waals surface area contributed by atoms with Crippen molar-refractivity contribution < 1.29 is 8.42 Å². The minimum Gasteiger partial charge on any atom is -0.330 e. The fourth-order valence-corrected chi connectivity index (χ4v) is 5.92. The highest BCUT2D eigenvalue weighted by atomic mass is 32.2. The van der Waals surface area contributed by atoms with Gasteiger partial charge < -0.3 is 5.73 Å². The summed E-state index contributed by atoms with van der Waals surface area (Å²) in [6.07, 6.45) is 6.19. The molecule has 1 aliphatic heterocycles. The summed E-state index contributed by atoms with van der Waals surface area (Å²) in [6.45, 7) is 5.77. The van der Waals surface area contributed by atoms with Crippen LogP contribution in [0.3, 0.4) is 0 Å². The molecule has 6 heteroatoms. The van der Waals surface area contributed by atoms with E-state index in [1.165, 1.54) is 0 Å². The third-order valence-corrected chi connectivity index (χ3v) is 7.19. The van der Waals surface area contributed by atoms with Gasteiger partial charge in [0.1, 0.15) is 0 Å². The Bertz CT molecular complexity index is 413. The zero-order chi connectivity index (χ0) is 14.8. The molecule has 3 atom stereocenters. The van der Waals surface area contributed by atoms with Crippen LogP contribution in [-0.2, 0) is 10.2 Å². The number of piperidine rings is 1. The van der Waals surface area contributed by atoms with E-state index >= 15 is 0 Å². The Morgan fingerprint density at radius 2 is 1.95 bits per heavy atom. The van der Waals surface area contributed by atoms with Crippen molar-refractivity contribution in [1.29, 1.82) is 0 Å². The fourth-order valence-electron chi connectivity index (χ4n) is 3.79. The van der Waals surface area contributed by atoms with Crippen LogP contribution >= 0.6 is 0 Å². The Morgan fingerprint density at radius 1 is 1.20 bits per heavy atom. The van der Waals surface area contributed by atoms with Crippen LogP contribution in [0.1, 0.15) is 52.4 Å². The molecule has 2 fully saturated rings. The molecule has 118 valence electrons. The molecule has 20 heavy (non-hydrogen) atoms. The molecule has 1 heterocycles. The van der Waals surface area contributed by atoms with Gasteiger partial charge in [0.05, 0.1) is 0 Å². The summed E-state index contributed by atoms with van der Waals surface area (Å²) in [7, 11) is -3.34. The average molecular weight is 303 g/mol. The molecule has 0 bridgehead atoms. The van der Waals surface area contributed by atoms with Crippen molar-refractivity contribution in [1.82, 2.24) is 8.61 Å². The van der Waals surface area contributed by atoms with Crippen molar-refractivity contribution >= 4 is 10.2 Å². The largest absolute Gasteiger partial charge is 0.330 e. The lowest BCUT2D eigenvalue weighted by atomic mass is 10.0. The Morgan fingerprint density at radius 3 is 2.55 bits per heavy atom. The van der Waals surface area contributed by atoms with Gasteiger partial charge in [0.15, 0.2) is 0 Å². The minimum atomic E-state index is -3.34. The topological polar surface area (TPSA) is 66.6 Å². The van der Waals surface area contributed by atoms with Gasteiger partial charge in [0.25, 0.3) is 10.2 Å². The molecule has 1 saturated carbocycles. The molecule has 5 nitrogen and oxygen atoms in total. The first-order chi connectivity index (χ1) is 9.52. The number of hydrogen-bond acceptors (Lipinski definition) is 3. The van der Waals surface area contributed by atoms with E-state index in [1.807, 2.05) is 13.8 Å². The van der Waals surface area contributed by atoms with Crippen LogP contribution in [0.25, 0.3) is 0 Å². The monoisotopic (exact) mass is 303 g/mol. The Balaban J connectivity index is 2.20. The Hall–Kier alpha value is -0.170. The van der Waals surface area contributed by atoms with Crippen LogP contribution in [0, 0.1) is 5.92 Å². The average Bonchev–Trinajstić information content (AvgIpc) is 2.87. The maximum atomic E-state index is 13.0. The van der Waals surface area contributed by atoms with E-state index in [2.05, 4.69) is 0 Å². The van der Waals surface area contributed by atoms with Crippen LogP contribution in [-0.4, -0.2) is 48.7 Å². The van der Waals surface area contributed by atoms with Gasteiger partial charge in [-0.15, -0.1) is 0 Å². The van der Waals surface area contributed by atoms with Gasteiger partial charge in [-0.05, 0) is 45.1 Å². The molecule has 0 aromatic carbocycles. The predicted octanol–water partition coefficient (Wildman–Crippen LogP) is 1.55. The van der Waals surface area contributed by atoms with Crippen LogP contribution in [0.15, 0.2) is 0 Å². The Labute approximate surface area is 123 Å². The van der Waals surface area contributed by atoms with Crippen molar-refractivity contribution in [2.75, 3.05) is 19.6 Å². The van der Waals surface area contributed by atoms with Crippen LogP contribution in [0.2, 0.25) is 0 Å². The van der Waals surface area contributed by atoms with Crippen LogP contribution in [0.5, 0.6) is 0 Å². The second-order valence-electron chi connectivity index (χ2n) is 6.16. The molecule has 2 aliphatic rings. The number of nitrogens with two attached hydrogens (primary N) is 1. The number of nitrogens with zero attached hydrogens (tertiary/aromatic N) is 2.